The fraction of sp³-hybridized carbons (Fsp3) is 0.207. The van der Waals surface area contributed by atoms with Crippen molar-refractivity contribution in [2.24, 2.45) is 0 Å². The first-order chi connectivity index (χ1) is 17.6. The topological polar surface area (TPSA) is 73.4 Å². The van der Waals surface area contributed by atoms with Crippen molar-refractivity contribution in [1.82, 2.24) is 20.2 Å². The molecule has 0 radical (unpaired) electrons. The SMILES string of the molecule is C=CC(=O)NCc1cccc(-c2cccc3cnc(Nc4ccc(N5CCN(C)CC5)cc4)nc23)c1. The van der Waals surface area contributed by atoms with Crippen molar-refractivity contribution in [2.75, 3.05) is 43.4 Å². The molecule has 0 spiro atoms. The Balaban J connectivity index is 1.37. The first kappa shape index (κ1) is 23.5. The highest BCUT2D eigenvalue weighted by molar-refractivity contribution is 5.94. The Kier molecular flexibility index (Phi) is 6.91. The molecular weight excluding hydrogens is 448 g/mol. The molecule has 0 saturated carbocycles. The summed E-state index contributed by atoms with van der Waals surface area (Å²) in [5.74, 6) is 0.363. The highest BCUT2D eigenvalue weighted by Crippen LogP contribution is 2.29. The number of aromatic nitrogens is 2. The van der Waals surface area contributed by atoms with E-state index in [1.54, 1.807) is 0 Å². The quantitative estimate of drug-likeness (QED) is 0.379. The molecule has 1 aliphatic heterocycles. The van der Waals surface area contributed by atoms with Gasteiger partial charge in [-0.1, -0.05) is 43.0 Å². The van der Waals surface area contributed by atoms with E-state index in [0.29, 0.717) is 12.5 Å². The van der Waals surface area contributed by atoms with Crippen molar-refractivity contribution in [1.29, 1.82) is 0 Å². The molecule has 0 aliphatic carbocycles. The zero-order valence-corrected chi connectivity index (χ0v) is 20.4. The zero-order valence-electron chi connectivity index (χ0n) is 20.4. The zero-order chi connectivity index (χ0) is 24.9. The summed E-state index contributed by atoms with van der Waals surface area (Å²) in [6.45, 7) is 8.20. The maximum Gasteiger partial charge on any atom is 0.243 e. The lowest BCUT2D eigenvalue weighted by Gasteiger charge is -2.34. The van der Waals surface area contributed by atoms with Gasteiger partial charge in [0.1, 0.15) is 0 Å². The normalized spacial score (nSPS) is 14.0. The van der Waals surface area contributed by atoms with E-state index in [2.05, 4.69) is 81.5 Å². The second-order valence-electron chi connectivity index (χ2n) is 9.02. The summed E-state index contributed by atoms with van der Waals surface area (Å²) in [4.78, 5) is 25.7. The van der Waals surface area contributed by atoms with Gasteiger partial charge in [-0.3, -0.25) is 4.79 Å². The number of likely N-dealkylation sites (N-methyl/N-ethyl adjacent to an activating group) is 1. The Morgan fingerprint density at radius 1 is 1.03 bits per heavy atom. The Labute approximate surface area is 211 Å². The number of amides is 1. The summed E-state index contributed by atoms with van der Waals surface area (Å²) >= 11 is 0. The van der Waals surface area contributed by atoms with Crippen LogP contribution in [0.5, 0.6) is 0 Å². The summed E-state index contributed by atoms with van der Waals surface area (Å²) in [5.41, 5.74) is 6.11. The van der Waals surface area contributed by atoms with Crippen molar-refractivity contribution in [3.05, 3.63) is 91.1 Å². The number of fused-ring (bicyclic) bond motifs is 1. The van der Waals surface area contributed by atoms with Crippen LogP contribution < -0.4 is 15.5 Å². The molecule has 7 heteroatoms. The Hall–Kier alpha value is -4.23. The molecule has 2 N–H and O–H groups in total. The molecule has 2 heterocycles. The van der Waals surface area contributed by atoms with Gasteiger partial charge in [0.25, 0.3) is 0 Å². The van der Waals surface area contributed by atoms with Crippen molar-refractivity contribution in [3.63, 3.8) is 0 Å². The average molecular weight is 479 g/mol. The van der Waals surface area contributed by atoms with Gasteiger partial charge in [0.15, 0.2) is 0 Å². The number of anilines is 3. The van der Waals surface area contributed by atoms with Crippen LogP contribution in [0.15, 0.2) is 85.6 Å². The lowest BCUT2D eigenvalue weighted by molar-refractivity contribution is -0.116. The molecule has 0 unspecified atom stereocenters. The largest absolute Gasteiger partial charge is 0.369 e. The number of benzene rings is 3. The monoisotopic (exact) mass is 478 g/mol. The maximum atomic E-state index is 11.6. The van der Waals surface area contributed by atoms with Crippen LogP contribution in [0.2, 0.25) is 0 Å². The van der Waals surface area contributed by atoms with E-state index in [4.69, 9.17) is 4.98 Å². The number of carbonyl (C=O) groups excluding carboxylic acids is 1. The summed E-state index contributed by atoms with van der Waals surface area (Å²) in [7, 11) is 2.17. The maximum absolute atomic E-state index is 11.6. The number of hydrogen-bond donors (Lipinski definition) is 2. The molecule has 5 rings (SSSR count). The average Bonchev–Trinajstić information content (AvgIpc) is 2.92. The first-order valence-corrected chi connectivity index (χ1v) is 12.1. The van der Waals surface area contributed by atoms with E-state index < -0.39 is 0 Å². The van der Waals surface area contributed by atoms with Crippen LogP contribution in [0.1, 0.15) is 5.56 Å². The Bertz CT molecular complexity index is 1380. The van der Waals surface area contributed by atoms with Gasteiger partial charge in [-0.2, -0.15) is 0 Å². The van der Waals surface area contributed by atoms with Crippen molar-refractivity contribution >= 4 is 34.1 Å². The summed E-state index contributed by atoms with van der Waals surface area (Å²) in [6, 6.07) is 22.7. The van der Waals surface area contributed by atoms with Crippen molar-refractivity contribution in [3.8, 4) is 11.1 Å². The number of nitrogens with one attached hydrogen (secondary N) is 2. The molecule has 1 saturated heterocycles. The molecule has 36 heavy (non-hydrogen) atoms. The number of nitrogens with zero attached hydrogens (tertiary/aromatic N) is 4. The minimum absolute atomic E-state index is 0.189. The lowest BCUT2D eigenvalue weighted by Crippen LogP contribution is -2.44. The minimum Gasteiger partial charge on any atom is -0.369 e. The van der Waals surface area contributed by atoms with E-state index in [9.17, 15) is 4.79 Å². The Morgan fingerprint density at radius 3 is 2.58 bits per heavy atom. The second-order valence-corrected chi connectivity index (χ2v) is 9.02. The molecule has 1 amide bonds. The molecule has 1 fully saturated rings. The number of piperazine rings is 1. The molecule has 1 aromatic heterocycles. The van der Waals surface area contributed by atoms with Crippen molar-refractivity contribution in [2.45, 2.75) is 6.54 Å². The van der Waals surface area contributed by atoms with Gasteiger partial charge in [0.05, 0.1) is 5.52 Å². The summed E-state index contributed by atoms with van der Waals surface area (Å²) in [5, 5.41) is 7.15. The van der Waals surface area contributed by atoms with Gasteiger partial charge < -0.3 is 20.4 Å². The lowest BCUT2D eigenvalue weighted by atomic mass is 10.0. The highest BCUT2D eigenvalue weighted by atomic mass is 16.1. The third-order valence-electron chi connectivity index (χ3n) is 6.49. The fourth-order valence-electron chi connectivity index (χ4n) is 4.41. The Morgan fingerprint density at radius 2 is 1.81 bits per heavy atom. The number of rotatable bonds is 7. The van der Waals surface area contributed by atoms with Crippen LogP contribution in [0, 0.1) is 0 Å². The second kappa shape index (κ2) is 10.6. The molecule has 182 valence electrons. The third-order valence-corrected chi connectivity index (χ3v) is 6.49. The summed E-state index contributed by atoms with van der Waals surface area (Å²) < 4.78 is 0. The highest BCUT2D eigenvalue weighted by Gasteiger charge is 2.14. The standard InChI is InChI=1S/C29H30N6O/c1-3-27(36)30-19-21-6-4-7-22(18-21)26-9-5-8-23-20-31-29(33-28(23)26)32-24-10-12-25(13-11-24)35-16-14-34(2)15-17-35/h3-13,18,20H,1,14-17,19H2,2H3,(H,30,36)(H,31,32,33). The molecule has 1 aliphatic rings. The van der Waals surface area contributed by atoms with E-state index in [1.807, 2.05) is 30.5 Å². The van der Waals surface area contributed by atoms with Crippen LogP contribution in [0.3, 0.4) is 0 Å². The fourth-order valence-corrected chi connectivity index (χ4v) is 4.41. The van der Waals surface area contributed by atoms with Crippen LogP contribution in [0.25, 0.3) is 22.0 Å². The number of hydrogen-bond acceptors (Lipinski definition) is 6. The summed E-state index contributed by atoms with van der Waals surface area (Å²) in [6.07, 6.45) is 3.13. The van der Waals surface area contributed by atoms with Crippen LogP contribution in [-0.2, 0) is 11.3 Å². The van der Waals surface area contributed by atoms with Gasteiger partial charge >= 0.3 is 0 Å². The van der Waals surface area contributed by atoms with Gasteiger partial charge in [0.2, 0.25) is 11.9 Å². The van der Waals surface area contributed by atoms with Crippen LogP contribution in [0.4, 0.5) is 17.3 Å². The van der Waals surface area contributed by atoms with Gasteiger partial charge in [-0.25, -0.2) is 9.97 Å². The molecule has 3 aromatic carbocycles. The van der Waals surface area contributed by atoms with E-state index in [1.165, 1.54) is 11.8 Å². The predicted octanol–water partition coefficient (Wildman–Crippen LogP) is 4.59. The third kappa shape index (κ3) is 5.37. The van der Waals surface area contributed by atoms with Crippen molar-refractivity contribution < 1.29 is 4.79 Å². The van der Waals surface area contributed by atoms with Crippen LogP contribution >= 0.6 is 0 Å². The van der Waals surface area contributed by atoms with Gasteiger partial charge in [0, 0.05) is 61.2 Å². The number of para-hydroxylation sites is 1. The van der Waals surface area contributed by atoms with Crippen LogP contribution in [-0.4, -0.2) is 54.0 Å². The van der Waals surface area contributed by atoms with Gasteiger partial charge in [-0.15, -0.1) is 0 Å². The molecule has 7 nitrogen and oxygen atoms in total. The van der Waals surface area contributed by atoms with E-state index in [-0.39, 0.29) is 5.91 Å². The minimum atomic E-state index is -0.189. The molecule has 0 atom stereocenters. The van der Waals surface area contributed by atoms with E-state index >= 15 is 0 Å². The molecule has 0 bridgehead atoms. The predicted molar refractivity (Wildman–Crippen MR) is 146 cm³/mol. The van der Waals surface area contributed by atoms with E-state index in [0.717, 1.165) is 59.5 Å². The van der Waals surface area contributed by atoms with Gasteiger partial charge in [-0.05, 0) is 54.6 Å². The first-order valence-electron chi connectivity index (χ1n) is 12.1. The number of carbonyl (C=O) groups is 1. The molecule has 4 aromatic rings. The smallest absolute Gasteiger partial charge is 0.243 e. The molecular formula is C29H30N6O.